The molecule has 4 heteroatoms. The Morgan fingerprint density at radius 2 is 1.41 bits per heavy atom. The number of aryl methyl sites for hydroxylation is 4. The normalized spacial score (nSPS) is 13.8. The summed E-state index contributed by atoms with van der Waals surface area (Å²) in [4.78, 5) is 29.0. The van der Waals surface area contributed by atoms with Gasteiger partial charge in [-0.1, -0.05) is 66.7 Å². The zero-order valence-electron chi connectivity index (χ0n) is 19.8. The van der Waals surface area contributed by atoms with E-state index in [9.17, 15) is 9.59 Å². The van der Waals surface area contributed by atoms with Crippen LogP contribution in [0.5, 0.6) is 0 Å². The molecule has 0 radical (unpaired) electrons. The van der Waals surface area contributed by atoms with Crippen molar-refractivity contribution >= 4 is 39.5 Å². The molecule has 1 N–H and O–H groups in total. The van der Waals surface area contributed by atoms with Gasteiger partial charge in [0.05, 0.1) is 11.3 Å². The summed E-state index contributed by atoms with van der Waals surface area (Å²) in [6.45, 7) is 7.93. The molecule has 0 saturated heterocycles. The van der Waals surface area contributed by atoms with E-state index in [1.54, 1.807) is 0 Å². The Morgan fingerprint density at radius 3 is 2.21 bits per heavy atom. The van der Waals surface area contributed by atoms with Crippen molar-refractivity contribution < 1.29 is 9.59 Å². The molecule has 34 heavy (non-hydrogen) atoms. The summed E-state index contributed by atoms with van der Waals surface area (Å²) in [5.74, 6) is -0.662. The fraction of sp³-hybridized carbons (Fsp3) is 0.133. The summed E-state index contributed by atoms with van der Waals surface area (Å²) in [7, 11) is 0. The Bertz CT molecular complexity index is 1510. The number of anilines is 2. The van der Waals surface area contributed by atoms with Crippen LogP contribution in [0.2, 0.25) is 0 Å². The second kappa shape index (κ2) is 8.31. The van der Waals surface area contributed by atoms with Crippen LogP contribution < -0.4 is 10.2 Å². The highest BCUT2D eigenvalue weighted by Gasteiger charge is 2.41. The second-order valence-corrected chi connectivity index (χ2v) is 8.94. The number of nitrogens with zero attached hydrogens (tertiary/aromatic N) is 1. The third kappa shape index (κ3) is 3.57. The molecule has 0 saturated carbocycles. The average molecular weight is 447 g/mol. The van der Waals surface area contributed by atoms with Gasteiger partial charge in [0.25, 0.3) is 11.8 Å². The third-order valence-electron chi connectivity index (χ3n) is 6.53. The molecule has 2 amide bonds. The van der Waals surface area contributed by atoms with E-state index in [0.29, 0.717) is 17.0 Å². The second-order valence-electron chi connectivity index (χ2n) is 8.94. The maximum Gasteiger partial charge on any atom is 0.282 e. The van der Waals surface area contributed by atoms with Gasteiger partial charge in [-0.15, -0.1) is 0 Å². The zero-order valence-corrected chi connectivity index (χ0v) is 19.8. The molecule has 1 aliphatic heterocycles. The fourth-order valence-corrected chi connectivity index (χ4v) is 4.46. The summed E-state index contributed by atoms with van der Waals surface area (Å²) in [6.07, 6.45) is 0. The molecule has 4 aromatic rings. The molecule has 0 bridgehead atoms. The predicted molar refractivity (Wildman–Crippen MR) is 139 cm³/mol. The first-order valence-corrected chi connectivity index (χ1v) is 11.4. The lowest BCUT2D eigenvalue weighted by atomic mass is 9.99. The van der Waals surface area contributed by atoms with Gasteiger partial charge in [0.1, 0.15) is 5.70 Å². The van der Waals surface area contributed by atoms with Crippen LogP contribution in [-0.2, 0) is 9.59 Å². The number of fused-ring (bicyclic) bond motifs is 1. The minimum Gasteiger partial charge on any atom is -0.350 e. The molecule has 0 spiro atoms. The van der Waals surface area contributed by atoms with Crippen LogP contribution in [0, 0.1) is 27.7 Å². The minimum absolute atomic E-state index is 0.297. The maximum atomic E-state index is 13.8. The van der Waals surface area contributed by atoms with E-state index in [1.807, 2.05) is 107 Å². The molecule has 0 aromatic heterocycles. The Morgan fingerprint density at radius 1 is 0.676 bits per heavy atom. The van der Waals surface area contributed by atoms with Crippen molar-refractivity contribution in [1.82, 2.24) is 0 Å². The van der Waals surface area contributed by atoms with Gasteiger partial charge in [-0.2, -0.15) is 0 Å². The van der Waals surface area contributed by atoms with Gasteiger partial charge in [-0.3, -0.25) is 9.59 Å². The highest BCUT2D eigenvalue weighted by molar-refractivity contribution is 6.46. The van der Waals surface area contributed by atoms with E-state index in [4.69, 9.17) is 0 Å². The highest BCUT2D eigenvalue weighted by Crippen LogP contribution is 2.37. The number of amides is 2. The quantitative estimate of drug-likeness (QED) is 0.366. The first-order valence-electron chi connectivity index (χ1n) is 11.4. The summed E-state index contributed by atoms with van der Waals surface area (Å²) < 4.78 is 0. The number of carbonyl (C=O) groups is 2. The maximum absolute atomic E-state index is 13.8. The number of hydrogen-bond donors (Lipinski definition) is 1. The first kappa shape index (κ1) is 21.7. The summed E-state index contributed by atoms with van der Waals surface area (Å²) >= 11 is 0. The molecule has 168 valence electrons. The van der Waals surface area contributed by atoms with Crippen LogP contribution >= 0.6 is 0 Å². The van der Waals surface area contributed by atoms with Crippen molar-refractivity contribution in [1.29, 1.82) is 0 Å². The lowest BCUT2D eigenvalue weighted by Gasteiger charge is -2.18. The van der Waals surface area contributed by atoms with Crippen LogP contribution in [0.1, 0.15) is 27.8 Å². The first-order chi connectivity index (χ1) is 16.3. The molecule has 4 nitrogen and oxygen atoms in total. The van der Waals surface area contributed by atoms with Crippen LogP contribution in [0.3, 0.4) is 0 Å². The molecule has 5 rings (SSSR count). The molecular formula is C30H26N2O2. The van der Waals surface area contributed by atoms with Gasteiger partial charge in [-0.05, 0) is 73.0 Å². The summed E-state index contributed by atoms with van der Waals surface area (Å²) in [5, 5.41) is 5.40. The van der Waals surface area contributed by atoms with Gasteiger partial charge in [0, 0.05) is 11.1 Å². The van der Waals surface area contributed by atoms with Crippen molar-refractivity contribution in [2.45, 2.75) is 27.7 Å². The molecular weight excluding hydrogens is 420 g/mol. The lowest BCUT2D eigenvalue weighted by molar-refractivity contribution is -0.120. The van der Waals surface area contributed by atoms with Gasteiger partial charge in [0.2, 0.25) is 0 Å². The molecule has 1 aliphatic rings. The molecule has 0 unspecified atom stereocenters. The fourth-order valence-electron chi connectivity index (χ4n) is 4.46. The Balaban J connectivity index is 1.70. The number of benzene rings is 4. The molecule has 0 fully saturated rings. The van der Waals surface area contributed by atoms with E-state index in [0.717, 1.165) is 44.3 Å². The topological polar surface area (TPSA) is 49.4 Å². The Hall–Kier alpha value is -4.18. The SMILES string of the molecule is Cc1ccc(C)c(N2C(=O)C(Nc3cccc4ccccc34)=C(c3ccc(C)c(C)c3)C2=O)c1. The van der Waals surface area contributed by atoms with Crippen molar-refractivity contribution in [2.24, 2.45) is 0 Å². The van der Waals surface area contributed by atoms with E-state index < -0.39 is 0 Å². The van der Waals surface area contributed by atoms with Crippen molar-refractivity contribution in [3.05, 3.63) is 112 Å². The Labute approximate surface area is 199 Å². The predicted octanol–water partition coefficient (Wildman–Crippen LogP) is 6.47. The Kier molecular flexibility index (Phi) is 5.29. The number of rotatable bonds is 4. The van der Waals surface area contributed by atoms with Gasteiger partial charge in [-0.25, -0.2) is 4.90 Å². The number of nitrogens with one attached hydrogen (secondary N) is 1. The van der Waals surface area contributed by atoms with E-state index in [-0.39, 0.29) is 11.8 Å². The summed E-state index contributed by atoms with van der Waals surface area (Å²) in [6, 6.07) is 25.6. The van der Waals surface area contributed by atoms with Crippen LogP contribution in [0.4, 0.5) is 11.4 Å². The molecule has 1 heterocycles. The lowest BCUT2D eigenvalue weighted by Crippen LogP contribution is -2.33. The number of imide groups is 1. The standard InChI is InChI=1S/C30H26N2O2/c1-18-12-13-20(3)26(16-18)32-29(33)27(23-15-14-19(2)21(4)17-23)28(30(32)34)31-25-11-7-9-22-8-5-6-10-24(22)25/h5-17,31H,1-4H3. The van der Waals surface area contributed by atoms with Crippen LogP contribution in [0.15, 0.2) is 84.6 Å². The van der Waals surface area contributed by atoms with E-state index in [1.165, 1.54) is 4.90 Å². The average Bonchev–Trinajstić information content (AvgIpc) is 3.07. The molecule has 0 atom stereocenters. The van der Waals surface area contributed by atoms with Crippen LogP contribution in [-0.4, -0.2) is 11.8 Å². The smallest absolute Gasteiger partial charge is 0.282 e. The molecule has 0 aliphatic carbocycles. The zero-order chi connectivity index (χ0) is 24.0. The third-order valence-corrected chi connectivity index (χ3v) is 6.53. The van der Waals surface area contributed by atoms with Gasteiger partial charge < -0.3 is 5.32 Å². The van der Waals surface area contributed by atoms with Gasteiger partial charge in [0.15, 0.2) is 0 Å². The van der Waals surface area contributed by atoms with Gasteiger partial charge >= 0.3 is 0 Å². The molecule has 4 aromatic carbocycles. The van der Waals surface area contributed by atoms with Crippen molar-refractivity contribution in [3.8, 4) is 0 Å². The van der Waals surface area contributed by atoms with E-state index >= 15 is 0 Å². The van der Waals surface area contributed by atoms with E-state index in [2.05, 4.69) is 5.32 Å². The highest BCUT2D eigenvalue weighted by atomic mass is 16.2. The summed E-state index contributed by atoms with van der Waals surface area (Å²) in [5.41, 5.74) is 6.90. The van der Waals surface area contributed by atoms with Crippen molar-refractivity contribution in [3.63, 3.8) is 0 Å². The largest absolute Gasteiger partial charge is 0.350 e. The van der Waals surface area contributed by atoms with Crippen molar-refractivity contribution in [2.75, 3.05) is 10.2 Å². The van der Waals surface area contributed by atoms with Crippen LogP contribution in [0.25, 0.3) is 16.3 Å². The monoisotopic (exact) mass is 446 g/mol. The minimum atomic E-state index is -0.347. The number of hydrogen-bond acceptors (Lipinski definition) is 3. The number of carbonyl (C=O) groups excluding carboxylic acids is 2.